The zero-order valence-corrected chi connectivity index (χ0v) is 10.9. The molecule has 1 fully saturated rings. The molecule has 0 aliphatic heterocycles. The van der Waals surface area contributed by atoms with Crippen LogP contribution in [0.5, 0.6) is 0 Å². The number of rotatable bonds is 3. The predicted octanol–water partition coefficient (Wildman–Crippen LogP) is 2.44. The highest BCUT2D eigenvalue weighted by Gasteiger charge is 2.21. The maximum atomic E-state index is 5.86. The van der Waals surface area contributed by atoms with Crippen molar-refractivity contribution in [3.05, 3.63) is 0 Å². The van der Waals surface area contributed by atoms with Gasteiger partial charge < -0.3 is 10.6 Å². The molecule has 1 saturated carbocycles. The van der Waals surface area contributed by atoms with E-state index < -0.39 is 0 Å². The highest BCUT2D eigenvalue weighted by Crippen LogP contribution is 2.21. The number of hydrogen-bond donors (Lipinski definition) is 1. The fourth-order valence-electron chi connectivity index (χ4n) is 2.21. The van der Waals surface area contributed by atoms with Crippen molar-refractivity contribution in [3.63, 3.8) is 0 Å². The van der Waals surface area contributed by atoms with Gasteiger partial charge in [-0.25, -0.2) is 0 Å². The molecule has 0 aromatic rings. The predicted molar refractivity (Wildman–Crippen MR) is 67.6 cm³/mol. The summed E-state index contributed by atoms with van der Waals surface area (Å²) in [7, 11) is 0. The van der Waals surface area contributed by atoms with Crippen LogP contribution in [0.2, 0.25) is 0 Å². The molecule has 0 heterocycles. The third kappa shape index (κ3) is 4.83. The van der Waals surface area contributed by atoms with Crippen LogP contribution in [0.4, 0.5) is 0 Å². The van der Waals surface area contributed by atoms with Crippen molar-refractivity contribution < 1.29 is 0 Å². The van der Waals surface area contributed by atoms with Crippen molar-refractivity contribution in [2.24, 2.45) is 5.73 Å². The molecule has 1 aliphatic carbocycles. The molecule has 14 heavy (non-hydrogen) atoms. The molecule has 4 heteroatoms. The molecule has 0 amide bonds. The van der Waals surface area contributed by atoms with Crippen LogP contribution in [-0.2, 0) is 0 Å². The van der Waals surface area contributed by atoms with Gasteiger partial charge in [-0.15, -0.1) is 24.8 Å². The normalized spacial score (nSPS) is 26.6. The van der Waals surface area contributed by atoms with Gasteiger partial charge in [0.05, 0.1) is 0 Å². The minimum Gasteiger partial charge on any atom is -0.328 e. The smallest absolute Gasteiger partial charge is 0.00961 e. The second-order valence-electron chi connectivity index (χ2n) is 3.79. The van der Waals surface area contributed by atoms with Crippen LogP contribution < -0.4 is 5.73 Å². The van der Waals surface area contributed by atoms with Crippen molar-refractivity contribution >= 4 is 24.8 Å². The van der Waals surface area contributed by atoms with Gasteiger partial charge in [0.1, 0.15) is 0 Å². The summed E-state index contributed by atoms with van der Waals surface area (Å²) in [5, 5.41) is 0. The standard InChI is InChI=1S/C10H22N2.2ClH/c1-3-12(4-2)10-7-5-9(11)6-8-10;;/h9-10H,3-8,11H2,1-2H3;2*1H. The number of nitrogens with two attached hydrogens (primary N) is 1. The summed E-state index contributed by atoms with van der Waals surface area (Å²) in [4.78, 5) is 2.56. The van der Waals surface area contributed by atoms with Crippen LogP contribution >= 0.6 is 24.8 Å². The molecule has 0 radical (unpaired) electrons. The van der Waals surface area contributed by atoms with E-state index in [0.717, 1.165) is 6.04 Å². The summed E-state index contributed by atoms with van der Waals surface area (Å²) in [5.41, 5.74) is 5.86. The summed E-state index contributed by atoms with van der Waals surface area (Å²) in [6, 6.07) is 1.30. The van der Waals surface area contributed by atoms with Gasteiger partial charge in [0, 0.05) is 12.1 Å². The first-order chi connectivity index (χ1) is 5.77. The minimum atomic E-state index is 0. The third-order valence-electron chi connectivity index (χ3n) is 3.07. The Kier molecular flexibility index (Phi) is 10.6. The molecule has 2 nitrogen and oxygen atoms in total. The summed E-state index contributed by atoms with van der Waals surface area (Å²) in [6.07, 6.45) is 5.06. The van der Waals surface area contributed by atoms with Crippen molar-refractivity contribution in [3.8, 4) is 0 Å². The molecule has 88 valence electrons. The largest absolute Gasteiger partial charge is 0.328 e. The Morgan fingerprint density at radius 3 is 1.79 bits per heavy atom. The monoisotopic (exact) mass is 242 g/mol. The molecule has 0 bridgehead atoms. The molecule has 0 aromatic heterocycles. The van der Waals surface area contributed by atoms with Gasteiger partial charge >= 0.3 is 0 Å². The van der Waals surface area contributed by atoms with Gasteiger partial charge in [-0.3, -0.25) is 0 Å². The van der Waals surface area contributed by atoms with Gasteiger partial charge in [0.15, 0.2) is 0 Å². The molecule has 0 saturated heterocycles. The van der Waals surface area contributed by atoms with E-state index in [0.29, 0.717) is 6.04 Å². The molecule has 0 unspecified atom stereocenters. The molecule has 1 rings (SSSR count). The number of nitrogens with zero attached hydrogens (tertiary/aromatic N) is 1. The highest BCUT2D eigenvalue weighted by molar-refractivity contribution is 5.85. The molecule has 0 aromatic carbocycles. The second-order valence-corrected chi connectivity index (χ2v) is 3.79. The van der Waals surface area contributed by atoms with E-state index in [1.165, 1.54) is 38.8 Å². The second kappa shape index (κ2) is 8.78. The molecule has 2 N–H and O–H groups in total. The lowest BCUT2D eigenvalue weighted by molar-refractivity contribution is 0.164. The lowest BCUT2D eigenvalue weighted by Crippen LogP contribution is -2.40. The Morgan fingerprint density at radius 1 is 1.00 bits per heavy atom. The zero-order chi connectivity index (χ0) is 8.97. The number of halogens is 2. The topological polar surface area (TPSA) is 29.3 Å². The van der Waals surface area contributed by atoms with Gasteiger partial charge in [0.2, 0.25) is 0 Å². The Labute approximate surface area is 100 Å². The average molecular weight is 243 g/mol. The maximum Gasteiger partial charge on any atom is 0.00961 e. The van der Waals surface area contributed by atoms with Crippen LogP contribution in [0.25, 0.3) is 0 Å². The van der Waals surface area contributed by atoms with Gasteiger partial charge in [0.25, 0.3) is 0 Å². The molecule has 0 atom stereocenters. The quantitative estimate of drug-likeness (QED) is 0.824. The number of hydrogen-bond acceptors (Lipinski definition) is 2. The van der Waals surface area contributed by atoms with Crippen molar-refractivity contribution in [1.82, 2.24) is 4.90 Å². The van der Waals surface area contributed by atoms with E-state index in [-0.39, 0.29) is 24.8 Å². The Balaban J connectivity index is 0. The first kappa shape index (κ1) is 16.9. The van der Waals surface area contributed by atoms with Crippen LogP contribution in [0, 0.1) is 0 Å². The summed E-state index contributed by atoms with van der Waals surface area (Å²) in [5.74, 6) is 0. The lowest BCUT2D eigenvalue weighted by Gasteiger charge is -2.34. The molecule has 1 aliphatic rings. The van der Waals surface area contributed by atoms with Crippen LogP contribution in [0.3, 0.4) is 0 Å². The van der Waals surface area contributed by atoms with Gasteiger partial charge in [-0.1, -0.05) is 13.8 Å². The summed E-state index contributed by atoms with van der Waals surface area (Å²) < 4.78 is 0. The average Bonchev–Trinajstić information content (AvgIpc) is 2.10. The SMILES string of the molecule is CCN(CC)C1CCC(N)CC1.Cl.Cl. The first-order valence-corrected chi connectivity index (χ1v) is 5.27. The van der Waals surface area contributed by atoms with Crippen molar-refractivity contribution in [2.75, 3.05) is 13.1 Å². The molecular formula is C10H24Cl2N2. The zero-order valence-electron chi connectivity index (χ0n) is 9.24. The summed E-state index contributed by atoms with van der Waals surface area (Å²) in [6.45, 7) is 6.88. The Hall–Kier alpha value is 0.500. The van der Waals surface area contributed by atoms with Crippen LogP contribution in [0.15, 0.2) is 0 Å². The minimum absolute atomic E-state index is 0. The first-order valence-electron chi connectivity index (χ1n) is 5.27. The van der Waals surface area contributed by atoms with E-state index in [1.54, 1.807) is 0 Å². The Morgan fingerprint density at radius 2 is 1.43 bits per heavy atom. The van der Waals surface area contributed by atoms with E-state index in [2.05, 4.69) is 18.7 Å². The molecular weight excluding hydrogens is 219 g/mol. The van der Waals surface area contributed by atoms with E-state index in [4.69, 9.17) is 5.73 Å². The Bertz CT molecular complexity index is 121. The van der Waals surface area contributed by atoms with Gasteiger partial charge in [-0.05, 0) is 38.8 Å². The lowest BCUT2D eigenvalue weighted by atomic mass is 9.91. The summed E-state index contributed by atoms with van der Waals surface area (Å²) >= 11 is 0. The van der Waals surface area contributed by atoms with E-state index in [1.807, 2.05) is 0 Å². The van der Waals surface area contributed by atoms with Crippen molar-refractivity contribution in [1.29, 1.82) is 0 Å². The van der Waals surface area contributed by atoms with E-state index >= 15 is 0 Å². The fourth-order valence-corrected chi connectivity index (χ4v) is 2.21. The maximum absolute atomic E-state index is 5.86. The van der Waals surface area contributed by atoms with Crippen LogP contribution in [-0.4, -0.2) is 30.1 Å². The molecule has 0 spiro atoms. The fraction of sp³-hybridized carbons (Fsp3) is 1.00. The third-order valence-corrected chi connectivity index (χ3v) is 3.07. The van der Waals surface area contributed by atoms with E-state index in [9.17, 15) is 0 Å². The van der Waals surface area contributed by atoms with Gasteiger partial charge in [-0.2, -0.15) is 0 Å². The van der Waals surface area contributed by atoms with Crippen molar-refractivity contribution in [2.45, 2.75) is 51.6 Å². The van der Waals surface area contributed by atoms with Crippen LogP contribution in [0.1, 0.15) is 39.5 Å². The highest BCUT2D eigenvalue weighted by atomic mass is 35.5.